The van der Waals surface area contributed by atoms with Crippen molar-refractivity contribution >= 4 is 22.3 Å². The number of hydrogen-bond acceptors (Lipinski definition) is 7. The minimum absolute atomic E-state index is 0.0164. The number of ketones is 2. The molecule has 0 atom stereocenters. The molecule has 0 saturated heterocycles. The van der Waals surface area contributed by atoms with Gasteiger partial charge in [-0.3, -0.25) is 14.2 Å². The first-order valence-electron chi connectivity index (χ1n) is 7.08. The third-order valence-corrected chi connectivity index (χ3v) is 3.16. The molecule has 2 aromatic rings. The third-order valence-electron chi connectivity index (χ3n) is 3.16. The summed E-state index contributed by atoms with van der Waals surface area (Å²) >= 11 is 0. The lowest BCUT2D eigenvalue weighted by Gasteiger charge is -2.00. The molecule has 0 fully saturated rings. The van der Waals surface area contributed by atoms with Crippen LogP contribution in [0.15, 0.2) is 71.7 Å². The Hall–Kier alpha value is -3.48. The normalized spacial score (nSPS) is 10.2. The standard InChI is InChI=1S/C18H14O7/c1-9(2)13(19)15-16(14(20)10(3)4)24-25-18(22)12-8-6-5-7-11(12)17(21)23-15/h5-8H,1,3H2,2,4H3. The Balaban J connectivity index is 3.12. The monoisotopic (exact) mass is 342 g/mol. The maximum Gasteiger partial charge on any atom is 0.387 e. The largest absolute Gasteiger partial charge is 0.414 e. The van der Waals surface area contributed by atoms with Crippen molar-refractivity contribution in [3.63, 3.8) is 0 Å². The molecule has 0 radical (unpaired) electrons. The number of rotatable bonds is 4. The van der Waals surface area contributed by atoms with Gasteiger partial charge in [0.1, 0.15) is 0 Å². The van der Waals surface area contributed by atoms with E-state index in [1.54, 1.807) is 0 Å². The van der Waals surface area contributed by atoms with Crippen molar-refractivity contribution in [2.45, 2.75) is 13.8 Å². The van der Waals surface area contributed by atoms with Crippen molar-refractivity contribution in [1.82, 2.24) is 0 Å². The molecule has 0 aliphatic heterocycles. The van der Waals surface area contributed by atoms with Crippen molar-refractivity contribution < 1.29 is 23.2 Å². The van der Waals surface area contributed by atoms with Crippen LogP contribution in [0.3, 0.4) is 0 Å². The molecule has 1 heterocycles. The minimum Gasteiger partial charge on any atom is -0.414 e. The molecule has 128 valence electrons. The fourth-order valence-corrected chi connectivity index (χ4v) is 1.87. The van der Waals surface area contributed by atoms with E-state index >= 15 is 0 Å². The predicted octanol–water partition coefficient (Wildman–Crippen LogP) is 2.98. The van der Waals surface area contributed by atoms with Gasteiger partial charge in [-0.25, -0.2) is 14.2 Å². The number of hydrogen-bond donors (Lipinski definition) is 0. The van der Waals surface area contributed by atoms with E-state index in [0.717, 1.165) is 0 Å². The van der Waals surface area contributed by atoms with Crippen LogP contribution in [0.1, 0.15) is 35.0 Å². The maximum atomic E-state index is 12.4. The van der Waals surface area contributed by atoms with Crippen LogP contribution in [-0.2, 0) is 0 Å². The molecule has 0 saturated carbocycles. The summed E-state index contributed by atoms with van der Waals surface area (Å²) in [6.07, 6.45) is 0. The van der Waals surface area contributed by atoms with E-state index in [9.17, 15) is 19.2 Å². The van der Waals surface area contributed by atoms with Crippen LogP contribution in [0.5, 0.6) is 0 Å². The topological polar surface area (TPSA) is 108 Å². The Bertz CT molecular complexity index is 1070. The van der Waals surface area contributed by atoms with Crippen LogP contribution in [0, 0.1) is 0 Å². The van der Waals surface area contributed by atoms with Crippen LogP contribution in [0.2, 0.25) is 0 Å². The summed E-state index contributed by atoms with van der Waals surface area (Å²) in [6, 6.07) is 5.62. The van der Waals surface area contributed by atoms with E-state index in [0.29, 0.717) is 0 Å². The number of carbonyl (C=O) groups is 2. The molecule has 0 N–H and O–H groups in total. The summed E-state index contributed by atoms with van der Waals surface area (Å²) in [5, 5.41) is -0.286. The zero-order chi connectivity index (χ0) is 18.7. The van der Waals surface area contributed by atoms with Gasteiger partial charge in [0, 0.05) is 0 Å². The van der Waals surface area contributed by atoms with Crippen molar-refractivity contribution in [3.05, 3.63) is 80.9 Å². The smallest absolute Gasteiger partial charge is 0.387 e. The van der Waals surface area contributed by atoms with Gasteiger partial charge in [0.15, 0.2) is 0 Å². The molecule has 1 aromatic heterocycles. The maximum absolute atomic E-state index is 12.4. The van der Waals surface area contributed by atoms with E-state index in [1.165, 1.54) is 38.1 Å². The average Bonchev–Trinajstić information content (AvgIpc) is 2.63. The van der Waals surface area contributed by atoms with Gasteiger partial charge < -0.3 is 4.42 Å². The summed E-state index contributed by atoms with van der Waals surface area (Å²) in [5.74, 6) is -3.20. The first-order chi connectivity index (χ1) is 11.7. The summed E-state index contributed by atoms with van der Waals surface area (Å²) < 4.78 is 14.4. The Kier molecular flexibility index (Phi) is 4.97. The summed E-state index contributed by atoms with van der Waals surface area (Å²) in [7, 11) is 0. The van der Waals surface area contributed by atoms with E-state index in [1.807, 2.05) is 0 Å². The third kappa shape index (κ3) is 3.55. The number of Topliss-reactive ketones (excluding diaryl/α,β-unsaturated/α-hetero) is 2. The van der Waals surface area contributed by atoms with Crippen LogP contribution in [0.4, 0.5) is 0 Å². The van der Waals surface area contributed by atoms with Gasteiger partial charge in [0.05, 0.1) is 10.8 Å². The number of carbonyl (C=O) groups excluding carboxylic acids is 2. The second-order valence-corrected chi connectivity index (χ2v) is 5.27. The van der Waals surface area contributed by atoms with E-state index < -0.39 is 34.3 Å². The molecule has 1 aromatic carbocycles. The van der Waals surface area contributed by atoms with Gasteiger partial charge in [-0.05, 0) is 37.1 Å². The SMILES string of the molecule is C=C(C)C(=O)c1ooc(=O)c2ccccc2c(=O)oc1C(=O)C(=C)C. The summed E-state index contributed by atoms with van der Waals surface area (Å²) in [4.78, 5) is 49.1. The summed E-state index contributed by atoms with van der Waals surface area (Å²) in [6.45, 7) is 9.62. The number of fused-ring (bicyclic) bond motifs is 1. The first kappa shape index (κ1) is 17.9. The average molecular weight is 342 g/mol. The Morgan fingerprint density at radius 3 is 1.80 bits per heavy atom. The van der Waals surface area contributed by atoms with E-state index in [4.69, 9.17) is 8.99 Å². The second kappa shape index (κ2) is 6.96. The Labute approximate surface area is 141 Å². The van der Waals surface area contributed by atoms with Gasteiger partial charge in [-0.1, -0.05) is 25.3 Å². The highest BCUT2D eigenvalue weighted by Gasteiger charge is 2.25. The minimum atomic E-state index is -1.02. The van der Waals surface area contributed by atoms with Crippen molar-refractivity contribution in [2.24, 2.45) is 0 Å². The zero-order valence-electron chi connectivity index (χ0n) is 13.6. The number of benzene rings is 1. The molecule has 25 heavy (non-hydrogen) atoms. The Morgan fingerprint density at radius 1 is 0.800 bits per heavy atom. The van der Waals surface area contributed by atoms with Gasteiger partial charge in [-0.2, -0.15) is 0 Å². The molecule has 7 nitrogen and oxygen atoms in total. The van der Waals surface area contributed by atoms with Crippen LogP contribution in [-0.4, -0.2) is 11.6 Å². The fourth-order valence-electron chi connectivity index (χ4n) is 1.87. The molecule has 0 unspecified atom stereocenters. The molecule has 0 bridgehead atoms. The molecule has 2 rings (SSSR count). The second-order valence-electron chi connectivity index (χ2n) is 5.27. The lowest BCUT2D eigenvalue weighted by atomic mass is 10.1. The van der Waals surface area contributed by atoms with Crippen LogP contribution in [0.25, 0.3) is 10.8 Å². The molecule has 0 spiro atoms. The summed E-state index contributed by atoms with van der Waals surface area (Å²) in [5.41, 5.74) is -2.08. The number of allylic oxidation sites excluding steroid dienone is 2. The van der Waals surface area contributed by atoms with Crippen LogP contribution < -0.4 is 11.3 Å². The molecular formula is C18H14O7. The van der Waals surface area contributed by atoms with Gasteiger partial charge in [0.2, 0.25) is 17.3 Å². The van der Waals surface area contributed by atoms with Crippen molar-refractivity contribution in [1.29, 1.82) is 0 Å². The van der Waals surface area contributed by atoms with Crippen LogP contribution >= 0.6 is 0 Å². The van der Waals surface area contributed by atoms with E-state index in [2.05, 4.69) is 17.7 Å². The molecule has 0 aliphatic carbocycles. The lowest BCUT2D eigenvalue weighted by molar-refractivity contribution is 0.0220. The highest BCUT2D eigenvalue weighted by molar-refractivity contribution is 6.15. The van der Waals surface area contributed by atoms with E-state index in [-0.39, 0.29) is 21.9 Å². The molecule has 0 aliphatic rings. The first-order valence-corrected chi connectivity index (χ1v) is 7.08. The fraction of sp³-hybridized carbons (Fsp3) is 0.111. The van der Waals surface area contributed by atoms with Crippen molar-refractivity contribution in [2.75, 3.05) is 0 Å². The highest BCUT2D eigenvalue weighted by atomic mass is 17.0. The highest BCUT2D eigenvalue weighted by Crippen LogP contribution is 2.15. The molecule has 7 heteroatoms. The Morgan fingerprint density at radius 2 is 1.28 bits per heavy atom. The lowest BCUT2D eigenvalue weighted by Crippen LogP contribution is -2.11. The quantitative estimate of drug-likeness (QED) is 0.477. The van der Waals surface area contributed by atoms with Gasteiger partial charge in [-0.15, -0.1) is 0 Å². The van der Waals surface area contributed by atoms with Gasteiger partial charge >= 0.3 is 11.3 Å². The van der Waals surface area contributed by atoms with Crippen molar-refractivity contribution in [3.8, 4) is 0 Å². The predicted molar refractivity (Wildman–Crippen MR) is 89.2 cm³/mol. The molecule has 0 amide bonds. The van der Waals surface area contributed by atoms with Gasteiger partial charge in [0.25, 0.3) is 5.76 Å². The zero-order valence-corrected chi connectivity index (χ0v) is 13.6. The molecular weight excluding hydrogens is 328 g/mol.